The molecule has 0 unspecified atom stereocenters. The lowest BCUT2D eigenvalue weighted by Gasteiger charge is -2.15. The maximum atomic E-state index is 12.7. The molecule has 156 valence electrons. The minimum Gasteiger partial charge on any atom is -0.471 e. The molecule has 2 fully saturated rings. The maximum absolute atomic E-state index is 12.7. The Kier molecular flexibility index (Phi) is 4.84. The molecule has 0 radical (unpaired) electrons. The molecular weight excluding hydrogens is 394 g/mol. The number of ether oxygens (including phenoxy) is 2. The van der Waals surface area contributed by atoms with Crippen molar-refractivity contribution in [3.63, 3.8) is 0 Å². The van der Waals surface area contributed by atoms with Gasteiger partial charge in [0.05, 0.1) is 30.1 Å². The second-order valence-electron chi connectivity index (χ2n) is 7.47. The average molecular weight is 413 g/mol. The van der Waals surface area contributed by atoms with E-state index in [1.165, 1.54) is 38.4 Å². The largest absolute Gasteiger partial charge is 0.471 e. The summed E-state index contributed by atoms with van der Waals surface area (Å²) < 4.78 is 10.1. The van der Waals surface area contributed by atoms with E-state index in [1.54, 1.807) is 0 Å². The van der Waals surface area contributed by atoms with Crippen LogP contribution in [0.5, 0.6) is 5.75 Å². The number of para-hydroxylation sites is 1. The summed E-state index contributed by atoms with van der Waals surface area (Å²) in [7, 11) is 1.17. The first kappa shape index (κ1) is 19.7. The summed E-state index contributed by atoms with van der Waals surface area (Å²) in [4.78, 5) is 47.9. The van der Waals surface area contributed by atoms with Crippen LogP contribution in [0.4, 0.5) is 5.69 Å². The molecule has 10 nitrogen and oxygen atoms in total. The molecule has 1 heterocycles. The molecule has 1 saturated carbocycles. The van der Waals surface area contributed by atoms with Crippen molar-refractivity contribution in [3.8, 4) is 5.75 Å². The molecule has 3 aliphatic rings. The molecule has 5 atom stereocenters. The van der Waals surface area contributed by atoms with Crippen LogP contribution < -0.4 is 4.74 Å². The van der Waals surface area contributed by atoms with E-state index in [4.69, 9.17) is 4.74 Å². The number of nitro benzene ring substituents is 1. The number of rotatable bonds is 6. The van der Waals surface area contributed by atoms with Crippen LogP contribution in [-0.4, -0.2) is 47.1 Å². The van der Waals surface area contributed by atoms with Gasteiger partial charge < -0.3 is 9.47 Å². The molecule has 0 spiro atoms. The van der Waals surface area contributed by atoms with Gasteiger partial charge in [0, 0.05) is 11.6 Å². The topological polar surface area (TPSA) is 128 Å². The van der Waals surface area contributed by atoms with E-state index in [-0.39, 0.29) is 40.7 Å². The smallest absolute Gasteiger partial charge is 0.346 e. The molecule has 30 heavy (non-hydrogen) atoms. The SMILES string of the molecule is COC(=O)[C@H](C)Oc1c(C=NN2C(=O)[C@@H]3[C@H](C2=O)[C@H]2C=C[C@H]3C2)cccc1[N+](=O)[O-]. The molecule has 1 aromatic rings. The summed E-state index contributed by atoms with van der Waals surface area (Å²) in [6, 6.07) is 4.12. The van der Waals surface area contributed by atoms with Gasteiger partial charge in [0.2, 0.25) is 5.75 Å². The van der Waals surface area contributed by atoms with Crippen molar-refractivity contribution in [1.82, 2.24) is 5.01 Å². The fourth-order valence-corrected chi connectivity index (χ4v) is 4.43. The third-order valence-corrected chi connectivity index (χ3v) is 5.81. The number of hydrogen-bond donors (Lipinski definition) is 0. The Labute approximate surface area is 171 Å². The first-order valence-corrected chi connectivity index (χ1v) is 9.45. The number of hydrogen-bond acceptors (Lipinski definition) is 8. The van der Waals surface area contributed by atoms with Crippen LogP contribution >= 0.6 is 0 Å². The lowest BCUT2D eigenvalue weighted by molar-refractivity contribution is -0.386. The maximum Gasteiger partial charge on any atom is 0.346 e. The predicted octanol–water partition coefficient (Wildman–Crippen LogP) is 1.68. The Morgan fingerprint density at radius 2 is 1.90 bits per heavy atom. The second-order valence-corrected chi connectivity index (χ2v) is 7.47. The minimum absolute atomic E-state index is 0.0502. The summed E-state index contributed by atoms with van der Waals surface area (Å²) in [6.07, 6.45) is 4.81. The summed E-state index contributed by atoms with van der Waals surface area (Å²) in [5, 5.41) is 16.3. The van der Waals surface area contributed by atoms with Crippen molar-refractivity contribution in [2.24, 2.45) is 28.8 Å². The number of imide groups is 1. The number of nitrogens with zero attached hydrogens (tertiary/aromatic N) is 3. The molecule has 0 N–H and O–H groups in total. The number of methoxy groups -OCH3 is 1. The molecule has 2 aliphatic carbocycles. The van der Waals surface area contributed by atoms with Crippen LogP contribution in [0, 0.1) is 33.8 Å². The van der Waals surface area contributed by atoms with Crippen molar-refractivity contribution in [1.29, 1.82) is 0 Å². The number of benzene rings is 1. The van der Waals surface area contributed by atoms with Gasteiger partial charge in [-0.2, -0.15) is 10.1 Å². The number of nitro groups is 1. The lowest BCUT2D eigenvalue weighted by atomic mass is 9.85. The van der Waals surface area contributed by atoms with Crippen LogP contribution in [0.2, 0.25) is 0 Å². The zero-order chi connectivity index (χ0) is 21.6. The Bertz CT molecular complexity index is 972. The van der Waals surface area contributed by atoms with Gasteiger partial charge in [0.1, 0.15) is 0 Å². The van der Waals surface area contributed by atoms with E-state index in [0.29, 0.717) is 0 Å². The van der Waals surface area contributed by atoms with E-state index in [1.807, 2.05) is 12.2 Å². The highest BCUT2D eigenvalue weighted by Gasteiger charge is 2.59. The van der Waals surface area contributed by atoms with Gasteiger partial charge in [0.15, 0.2) is 6.10 Å². The highest BCUT2D eigenvalue weighted by Crippen LogP contribution is 2.52. The van der Waals surface area contributed by atoms with Gasteiger partial charge >= 0.3 is 11.7 Å². The summed E-state index contributed by atoms with van der Waals surface area (Å²) in [5.74, 6) is -2.34. The monoisotopic (exact) mass is 413 g/mol. The average Bonchev–Trinajstić information content (AvgIpc) is 3.40. The van der Waals surface area contributed by atoms with E-state index in [0.717, 1.165) is 11.4 Å². The number of amides is 2. The Balaban J connectivity index is 1.63. The minimum atomic E-state index is -1.11. The molecule has 1 aromatic carbocycles. The summed E-state index contributed by atoms with van der Waals surface area (Å²) in [6.45, 7) is 1.39. The van der Waals surface area contributed by atoms with Gasteiger partial charge in [-0.15, -0.1) is 0 Å². The standard InChI is InChI=1S/C20H19N3O7/c1-10(20(26)29-2)30-17-13(4-3-5-14(17)23(27)28)9-21-22-18(24)15-11-6-7-12(8-11)16(15)19(22)25/h3-7,9-12,15-16H,8H2,1-2H3/t10-,11-,12-,15-,16+/m0/s1. The fourth-order valence-electron chi connectivity index (χ4n) is 4.43. The van der Waals surface area contributed by atoms with E-state index in [2.05, 4.69) is 9.84 Å². The molecule has 4 rings (SSSR count). The van der Waals surface area contributed by atoms with Gasteiger partial charge in [-0.3, -0.25) is 19.7 Å². The van der Waals surface area contributed by atoms with Gasteiger partial charge in [0.25, 0.3) is 11.8 Å². The normalized spacial score (nSPS) is 27.6. The number of carbonyl (C=O) groups excluding carboxylic acids is 3. The highest BCUT2D eigenvalue weighted by molar-refractivity contribution is 6.07. The first-order valence-electron chi connectivity index (χ1n) is 9.45. The van der Waals surface area contributed by atoms with Crippen LogP contribution in [0.15, 0.2) is 35.5 Å². The molecule has 10 heteroatoms. The molecule has 2 bridgehead atoms. The highest BCUT2D eigenvalue weighted by atomic mass is 16.6. The fraction of sp³-hybridized carbons (Fsp3) is 0.400. The first-order chi connectivity index (χ1) is 14.3. The van der Waals surface area contributed by atoms with Gasteiger partial charge in [-0.05, 0) is 31.2 Å². The number of carbonyl (C=O) groups is 3. The zero-order valence-corrected chi connectivity index (χ0v) is 16.3. The van der Waals surface area contributed by atoms with Crippen LogP contribution in [0.3, 0.4) is 0 Å². The molecule has 0 aromatic heterocycles. The molecule has 1 aliphatic heterocycles. The predicted molar refractivity (Wildman–Crippen MR) is 102 cm³/mol. The van der Waals surface area contributed by atoms with Crippen molar-refractivity contribution < 1.29 is 28.8 Å². The number of allylic oxidation sites excluding steroid dienone is 2. The second kappa shape index (κ2) is 7.36. The van der Waals surface area contributed by atoms with E-state index >= 15 is 0 Å². The molecule has 1 saturated heterocycles. The van der Waals surface area contributed by atoms with Crippen molar-refractivity contribution >= 4 is 29.7 Å². The van der Waals surface area contributed by atoms with Crippen molar-refractivity contribution in [3.05, 3.63) is 46.0 Å². The van der Waals surface area contributed by atoms with Crippen LogP contribution in [0.1, 0.15) is 18.9 Å². The van der Waals surface area contributed by atoms with E-state index < -0.39 is 28.8 Å². The van der Waals surface area contributed by atoms with Gasteiger partial charge in [-0.1, -0.05) is 18.2 Å². The summed E-state index contributed by atoms with van der Waals surface area (Å²) >= 11 is 0. The Hall–Kier alpha value is -3.56. The zero-order valence-electron chi connectivity index (χ0n) is 16.3. The van der Waals surface area contributed by atoms with Crippen molar-refractivity contribution in [2.45, 2.75) is 19.4 Å². The third-order valence-electron chi connectivity index (χ3n) is 5.81. The van der Waals surface area contributed by atoms with Crippen LogP contribution in [0.25, 0.3) is 0 Å². The Morgan fingerprint density at radius 3 is 2.47 bits per heavy atom. The number of esters is 1. The van der Waals surface area contributed by atoms with Crippen LogP contribution in [-0.2, 0) is 19.1 Å². The number of fused-ring (bicyclic) bond motifs is 5. The lowest BCUT2D eigenvalue weighted by Crippen LogP contribution is -2.28. The quantitative estimate of drug-likeness (QED) is 0.173. The molecular formula is C20H19N3O7. The van der Waals surface area contributed by atoms with Crippen molar-refractivity contribution in [2.75, 3.05) is 7.11 Å². The van der Waals surface area contributed by atoms with Gasteiger partial charge in [-0.25, -0.2) is 4.79 Å². The Morgan fingerprint density at radius 1 is 1.27 bits per heavy atom. The number of hydrazone groups is 1. The summed E-state index contributed by atoms with van der Waals surface area (Å²) in [5.41, 5.74) is -0.230. The molecule has 2 amide bonds. The van der Waals surface area contributed by atoms with E-state index in [9.17, 15) is 24.5 Å². The third kappa shape index (κ3) is 3.04.